The number of hydrogen-bond acceptors (Lipinski definition) is 4. The van der Waals surface area contributed by atoms with Crippen molar-refractivity contribution in [2.45, 2.75) is 82.4 Å². The van der Waals surface area contributed by atoms with E-state index in [-0.39, 0.29) is 0 Å². The summed E-state index contributed by atoms with van der Waals surface area (Å²) in [6.07, 6.45) is 3.22. The Balaban J connectivity index is 2.70. The molecule has 0 amide bonds. The Hall–Kier alpha value is -0.420. The van der Waals surface area contributed by atoms with Gasteiger partial charge in [0.1, 0.15) is 0 Å². The standard InChI is InChI=1S/C16H30O4/c1-7-15(4)10-8-13(18)16(5,20-15)11-9-12(17)14(2,3)19-6/h7,12-13,17-18H,1,8-11H2,2-6H3/t12-,13-,15+,16-/m0/s1. The Labute approximate surface area is 122 Å². The van der Waals surface area contributed by atoms with Crippen molar-refractivity contribution in [2.24, 2.45) is 0 Å². The summed E-state index contributed by atoms with van der Waals surface area (Å²) in [5, 5.41) is 20.5. The number of rotatable bonds is 6. The molecular formula is C16H30O4. The van der Waals surface area contributed by atoms with Gasteiger partial charge in [0.15, 0.2) is 0 Å². The molecule has 1 aliphatic rings. The average Bonchev–Trinajstić information content (AvgIpc) is 2.41. The number of hydrogen-bond donors (Lipinski definition) is 2. The van der Waals surface area contributed by atoms with Crippen molar-refractivity contribution in [3.63, 3.8) is 0 Å². The van der Waals surface area contributed by atoms with Crippen molar-refractivity contribution in [3.05, 3.63) is 12.7 Å². The highest BCUT2D eigenvalue weighted by molar-refractivity contribution is 5.03. The molecule has 2 N–H and O–H groups in total. The van der Waals surface area contributed by atoms with Gasteiger partial charge in [-0.3, -0.25) is 0 Å². The molecule has 1 fully saturated rings. The molecule has 1 heterocycles. The molecule has 1 aliphatic heterocycles. The molecule has 0 radical (unpaired) electrons. The highest BCUT2D eigenvalue weighted by Crippen LogP contribution is 2.39. The lowest BCUT2D eigenvalue weighted by Gasteiger charge is -2.47. The maximum Gasteiger partial charge on any atom is 0.0924 e. The second kappa shape index (κ2) is 6.14. The van der Waals surface area contributed by atoms with Gasteiger partial charge < -0.3 is 19.7 Å². The van der Waals surface area contributed by atoms with Gasteiger partial charge in [-0.15, -0.1) is 6.58 Å². The maximum absolute atomic E-state index is 10.3. The summed E-state index contributed by atoms with van der Waals surface area (Å²) < 4.78 is 11.4. The Morgan fingerprint density at radius 1 is 1.50 bits per heavy atom. The molecule has 0 bridgehead atoms. The van der Waals surface area contributed by atoms with E-state index >= 15 is 0 Å². The lowest BCUT2D eigenvalue weighted by molar-refractivity contribution is -0.212. The summed E-state index contributed by atoms with van der Waals surface area (Å²) in [5.41, 5.74) is -1.67. The molecular weight excluding hydrogens is 256 g/mol. The molecule has 0 aliphatic carbocycles. The van der Waals surface area contributed by atoms with Gasteiger partial charge >= 0.3 is 0 Å². The SMILES string of the molecule is C=C[C@]1(C)CC[C@H](O)[C@](C)(CC[C@H](O)C(C)(C)OC)O1. The monoisotopic (exact) mass is 286 g/mol. The van der Waals surface area contributed by atoms with Crippen LogP contribution in [0.1, 0.15) is 53.4 Å². The molecule has 0 spiro atoms. The summed E-state index contributed by atoms with van der Waals surface area (Å²) >= 11 is 0. The summed E-state index contributed by atoms with van der Waals surface area (Å²) in [4.78, 5) is 0. The molecule has 118 valence electrons. The van der Waals surface area contributed by atoms with Crippen LogP contribution in [0.4, 0.5) is 0 Å². The van der Waals surface area contributed by atoms with Gasteiger partial charge in [-0.2, -0.15) is 0 Å². The van der Waals surface area contributed by atoms with Crippen LogP contribution in [0.2, 0.25) is 0 Å². The fourth-order valence-electron chi connectivity index (χ4n) is 2.65. The number of aliphatic hydroxyl groups is 2. The first kappa shape index (κ1) is 17.6. The molecule has 0 saturated carbocycles. The predicted octanol–water partition coefficient (Wildman–Crippen LogP) is 2.43. The third-order valence-corrected chi connectivity index (χ3v) is 4.76. The van der Waals surface area contributed by atoms with Gasteiger partial charge in [0.25, 0.3) is 0 Å². The smallest absolute Gasteiger partial charge is 0.0924 e. The number of methoxy groups -OCH3 is 1. The lowest BCUT2D eigenvalue weighted by Crippen LogP contribution is -2.53. The van der Waals surface area contributed by atoms with Gasteiger partial charge in [-0.05, 0) is 53.4 Å². The third-order valence-electron chi connectivity index (χ3n) is 4.76. The van der Waals surface area contributed by atoms with E-state index < -0.39 is 29.0 Å². The second-order valence-corrected chi connectivity index (χ2v) is 6.85. The quantitative estimate of drug-likeness (QED) is 0.736. The minimum atomic E-state index is -0.661. The van der Waals surface area contributed by atoms with Crippen LogP contribution in [0.3, 0.4) is 0 Å². The molecule has 4 atom stereocenters. The topological polar surface area (TPSA) is 58.9 Å². The minimum absolute atomic E-state index is 0.407. The maximum atomic E-state index is 10.3. The van der Waals surface area contributed by atoms with E-state index in [1.54, 1.807) is 13.2 Å². The third kappa shape index (κ3) is 3.82. The molecule has 0 aromatic carbocycles. The van der Waals surface area contributed by atoms with Crippen LogP contribution in [-0.4, -0.2) is 46.3 Å². The molecule has 20 heavy (non-hydrogen) atoms. The molecule has 0 aromatic heterocycles. The van der Waals surface area contributed by atoms with E-state index in [2.05, 4.69) is 6.58 Å². The fourth-order valence-corrected chi connectivity index (χ4v) is 2.65. The van der Waals surface area contributed by atoms with Crippen molar-refractivity contribution in [1.82, 2.24) is 0 Å². The minimum Gasteiger partial charge on any atom is -0.390 e. The summed E-state index contributed by atoms with van der Waals surface area (Å²) in [6.45, 7) is 11.4. The molecule has 4 nitrogen and oxygen atoms in total. The first-order chi connectivity index (χ1) is 9.08. The lowest BCUT2D eigenvalue weighted by atomic mass is 9.80. The Morgan fingerprint density at radius 3 is 2.60 bits per heavy atom. The van der Waals surface area contributed by atoms with Crippen molar-refractivity contribution in [3.8, 4) is 0 Å². The number of ether oxygens (including phenoxy) is 2. The van der Waals surface area contributed by atoms with Crippen LogP contribution < -0.4 is 0 Å². The zero-order valence-corrected chi connectivity index (χ0v) is 13.5. The Morgan fingerprint density at radius 2 is 2.10 bits per heavy atom. The van der Waals surface area contributed by atoms with Crippen LogP contribution in [0.25, 0.3) is 0 Å². The van der Waals surface area contributed by atoms with Crippen molar-refractivity contribution in [1.29, 1.82) is 0 Å². The van der Waals surface area contributed by atoms with E-state index in [4.69, 9.17) is 9.47 Å². The van der Waals surface area contributed by atoms with Crippen LogP contribution in [0.15, 0.2) is 12.7 Å². The van der Waals surface area contributed by atoms with Crippen molar-refractivity contribution < 1.29 is 19.7 Å². The largest absolute Gasteiger partial charge is 0.390 e. The van der Waals surface area contributed by atoms with Gasteiger partial charge in [0.05, 0.1) is 29.0 Å². The first-order valence-corrected chi connectivity index (χ1v) is 7.33. The molecule has 1 saturated heterocycles. The average molecular weight is 286 g/mol. The van der Waals surface area contributed by atoms with E-state index in [9.17, 15) is 10.2 Å². The predicted molar refractivity (Wildman–Crippen MR) is 79.7 cm³/mol. The first-order valence-electron chi connectivity index (χ1n) is 7.33. The van der Waals surface area contributed by atoms with Gasteiger partial charge in [0.2, 0.25) is 0 Å². The summed E-state index contributed by atoms with van der Waals surface area (Å²) in [7, 11) is 1.59. The van der Waals surface area contributed by atoms with Gasteiger partial charge in [-0.1, -0.05) is 6.08 Å². The molecule has 0 unspecified atom stereocenters. The van der Waals surface area contributed by atoms with Crippen LogP contribution in [-0.2, 0) is 9.47 Å². The van der Waals surface area contributed by atoms with Crippen LogP contribution in [0, 0.1) is 0 Å². The Kier molecular flexibility index (Phi) is 5.41. The molecule has 4 heteroatoms. The molecule has 0 aromatic rings. The van der Waals surface area contributed by atoms with E-state index in [1.807, 2.05) is 27.7 Å². The van der Waals surface area contributed by atoms with E-state index in [1.165, 1.54) is 0 Å². The summed E-state index contributed by atoms with van der Waals surface area (Å²) in [5.74, 6) is 0. The van der Waals surface area contributed by atoms with E-state index in [0.717, 1.165) is 6.42 Å². The summed E-state index contributed by atoms with van der Waals surface area (Å²) in [6, 6.07) is 0. The fraction of sp³-hybridized carbons (Fsp3) is 0.875. The highest BCUT2D eigenvalue weighted by Gasteiger charge is 2.45. The normalized spacial score (nSPS) is 36.6. The van der Waals surface area contributed by atoms with Crippen molar-refractivity contribution in [2.75, 3.05) is 7.11 Å². The van der Waals surface area contributed by atoms with Gasteiger partial charge in [-0.25, -0.2) is 0 Å². The second-order valence-electron chi connectivity index (χ2n) is 6.85. The van der Waals surface area contributed by atoms with E-state index in [0.29, 0.717) is 19.3 Å². The Bertz CT molecular complexity index is 341. The van der Waals surface area contributed by atoms with Gasteiger partial charge in [0, 0.05) is 7.11 Å². The van der Waals surface area contributed by atoms with Crippen LogP contribution >= 0.6 is 0 Å². The van der Waals surface area contributed by atoms with Crippen LogP contribution in [0.5, 0.6) is 0 Å². The van der Waals surface area contributed by atoms with Crippen molar-refractivity contribution >= 4 is 0 Å². The number of aliphatic hydroxyl groups excluding tert-OH is 2. The zero-order chi connectivity index (χ0) is 15.6. The zero-order valence-electron chi connectivity index (χ0n) is 13.5. The molecule has 1 rings (SSSR count). The highest BCUT2D eigenvalue weighted by atomic mass is 16.5.